The van der Waals surface area contributed by atoms with Gasteiger partial charge < -0.3 is 0 Å². The molecule has 0 radical (unpaired) electrons. The average molecular weight is 370 g/mol. The molecule has 1 aliphatic carbocycles. The second kappa shape index (κ2) is 7.35. The lowest BCUT2D eigenvalue weighted by Crippen LogP contribution is -2.30. The van der Waals surface area contributed by atoms with E-state index in [1.807, 2.05) is 49.4 Å². The lowest BCUT2D eigenvalue weighted by Gasteiger charge is -2.31. The SMILES string of the molecule is CC1=NC2=C(C(=O)CCC2)[C@@H](c2ccc(C#Cc3ccccc3)s2)C1C#N. The molecule has 0 spiro atoms. The van der Waals surface area contributed by atoms with Gasteiger partial charge in [-0.3, -0.25) is 9.79 Å². The van der Waals surface area contributed by atoms with Crippen LogP contribution < -0.4 is 0 Å². The fourth-order valence-electron chi connectivity index (χ4n) is 3.72. The molecule has 0 saturated heterocycles. The average Bonchev–Trinajstić information content (AvgIpc) is 3.15. The van der Waals surface area contributed by atoms with Crippen molar-refractivity contribution in [1.82, 2.24) is 0 Å². The molecule has 2 heterocycles. The van der Waals surface area contributed by atoms with Crippen molar-refractivity contribution < 1.29 is 4.79 Å². The van der Waals surface area contributed by atoms with Gasteiger partial charge in [-0.1, -0.05) is 30.0 Å². The molecule has 0 amide bonds. The van der Waals surface area contributed by atoms with Gasteiger partial charge in [-0.2, -0.15) is 5.26 Å². The number of nitriles is 1. The van der Waals surface area contributed by atoms with E-state index < -0.39 is 0 Å². The summed E-state index contributed by atoms with van der Waals surface area (Å²) in [4.78, 5) is 19.2. The van der Waals surface area contributed by atoms with Crippen LogP contribution in [0.25, 0.3) is 0 Å². The third-order valence-corrected chi connectivity index (χ3v) is 6.09. The van der Waals surface area contributed by atoms with Crippen LogP contribution in [0.15, 0.2) is 58.7 Å². The topological polar surface area (TPSA) is 53.2 Å². The van der Waals surface area contributed by atoms with Crippen LogP contribution in [0, 0.1) is 29.1 Å². The van der Waals surface area contributed by atoms with Crippen LogP contribution in [0.4, 0.5) is 0 Å². The molecule has 4 rings (SSSR count). The van der Waals surface area contributed by atoms with Gasteiger partial charge in [0, 0.05) is 39.8 Å². The van der Waals surface area contributed by atoms with Crippen molar-refractivity contribution in [3.05, 3.63) is 69.1 Å². The summed E-state index contributed by atoms with van der Waals surface area (Å²) < 4.78 is 0. The molecule has 1 aromatic heterocycles. The second-order valence-corrected chi connectivity index (χ2v) is 7.91. The molecule has 4 heteroatoms. The Morgan fingerprint density at radius 3 is 2.70 bits per heavy atom. The van der Waals surface area contributed by atoms with Crippen molar-refractivity contribution in [1.29, 1.82) is 5.26 Å². The summed E-state index contributed by atoms with van der Waals surface area (Å²) >= 11 is 1.57. The summed E-state index contributed by atoms with van der Waals surface area (Å²) in [6.45, 7) is 1.90. The molecule has 0 saturated carbocycles. The highest BCUT2D eigenvalue weighted by Gasteiger charge is 2.39. The maximum absolute atomic E-state index is 12.6. The van der Waals surface area contributed by atoms with Gasteiger partial charge in [-0.05, 0) is 44.0 Å². The summed E-state index contributed by atoms with van der Waals surface area (Å²) in [5, 5.41) is 9.74. The summed E-state index contributed by atoms with van der Waals surface area (Å²) in [7, 11) is 0. The standard InChI is InChI=1S/C23H18N2OS/c1-15-18(14-24)22(23-19(25-15)8-5-9-20(23)26)21-13-12-17(27-21)11-10-16-6-3-2-4-7-16/h2-4,6-7,12-13,18,22H,5,8-9H2,1H3/t18?,22-/m1/s1. The smallest absolute Gasteiger partial charge is 0.161 e. The van der Waals surface area contributed by atoms with E-state index in [0.29, 0.717) is 6.42 Å². The van der Waals surface area contributed by atoms with Crippen molar-refractivity contribution in [3.8, 4) is 17.9 Å². The molecule has 1 unspecified atom stereocenters. The Morgan fingerprint density at radius 2 is 1.93 bits per heavy atom. The predicted octanol–water partition coefficient (Wildman–Crippen LogP) is 4.85. The van der Waals surface area contributed by atoms with Crippen LogP contribution in [-0.2, 0) is 4.79 Å². The van der Waals surface area contributed by atoms with Gasteiger partial charge >= 0.3 is 0 Å². The maximum Gasteiger partial charge on any atom is 0.161 e. The monoisotopic (exact) mass is 370 g/mol. The van der Waals surface area contributed by atoms with E-state index in [-0.39, 0.29) is 17.6 Å². The quantitative estimate of drug-likeness (QED) is 0.674. The van der Waals surface area contributed by atoms with E-state index in [0.717, 1.165) is 45.1 Å². The van der Waals surface area contributed by atoms with E-state index in [1.165, 1.54) is 0 Å². The number of ketones is 1. The molecule has 2 atom stereocenters. The third-order valence-electron chi connectivity index (χ3n) is 5.01. The van der Waals surface area contributed by atoms with E-state index in [1.54, 1.807) is 11.3 Å². The minimum absolute atomic E-state index is 0.142. The third kappa shape index (κ3) is 3.37. The van der Waals surface area contributed by atoms with E-state index in [4.69, 9.17) is 0 Å². The maximum atomic E-state index is 12.6. The fraction of sp³-hybridized carbons (Fsp3) is 0.261. The Bertz CT molecular complexity index is 1060. The first kappa shape index (κ1) is 17.5. The van der Waals surface area contributed by atoms with Crippen molar-refractivity contribution in [3.63, 3.8) is 0 Å². The number of thiophene rings is 1. The van der Waals surface area contributed by atoms with Gasteiger partial charge in [0.2, 0.25) is 0 Å². The highest BCUT2D eigenvalue weighted by Crippen LogP contribution is 2.44. The first-order chi connectivity index (χ1) is 13.2. The van der Waals surface area contributed by atoms with Gasteiger partial charge in [-0.15, -0.1) is 11.3 Å². The molecular formula is C23H18N2OS. The Morgan fingerprint density at radius 1 is 1.11 bits per heavy atom. The molecule has 3 nitrogen and oxygen atoms in total. The zero-order valence-electron chi connectivity index (χ0n) is 15.0. The molecule has 0 fully saturated rings. The van der Waals surface area contributed by atoms with Gasteiger partial charge in [0.1, 0.15) is 0 Å². The number of benzene rings is 1. The summed E-state index contributed by atoms with van der Waals surface area (Å²) in [6, 6.07) is 16.2. The second-order valence-electron chi connectivity index (χ2n) is 6.79. The van der Waals surface area contributed by atoms with Crippen LogP contribution in [0.2, 0.25) is 0 Å². The van der Waals surface area contributed by atoms with E-state index in [9.17, 15) is 10.1 Å². The Labute approximate surface area is 163 Å². The number of rotatable bonds is 1. The Kier molecular flexibility index (Phi) is 4.75. The largest absolute Gasteiger partial charge is 0.294 e. The molecular weight excluding hydrogens is 352 g/mol. The number of nitrogens with zero attached hydrogens (tertiary/aromatic N) is 2. The number of hydrogen-bond acceptors (Lipinski definition) is 4. The molecule has 0 N–H and O–H groups in total. The first-order valence-electron chi connectivity index (χ1n) is 9.05. The van der Waals surface area contributed by atoms with Crippen LogP contribution in [-0.4, -0.2) is 11.5 Å². The lowest BCUT2D eigenvalue weighted by molar-refractivity contribution is -0.116. The highest BCUT2D eigenvalue weighted by atomic mass is 32.1. The first-order valence-corrected chi connectivity index (χ1v) is 9.87. The van der Waals surface area contributed by atoms with E-state index >= 15 is 0 Å². The number of carbonyl (C=O) groups is 1. The van der Waals surface area contributed by atoms with Crippen molar-refractivity contribution >= 4 is 22.8 Å². The zero-order valence-corrected chi connectivity index (χ0v) is 15.8. The van der Waals surface area contributed by atoms with Gasteiger partial charge in [0.15, 0.2) is 5.78 Å². The molecule has 27 heavy (non-hydrogen) atoms. The number of aliphatic imine (C=N–C) groups is 1. The molecule has 1 aromatic carbocycles. The molecule has 1 aliphatic heterocycles. The zero-order chi connectivity index (χ0) is 18.8. The number of Topliss-reactive ketones (excluding diaryl/α,β-unsaturated/α-hetero) is 1. The van der Waals surface area contributed by atoms with Crippen LogP contribution >= 0.6 is 11.3 Å². The van der Waals surface area contributed by atoms with Gasteiger partial charge in [0.05, 0.1) is 16.9 Å². The summed E-state index contributed by atoms with van der Waals surface area (Å²) in [5.74, 6) is 5.91. The van der Waals surface area contributed by atoms with Gasteiger partial charge in [0.25, 0.3) is 0 Å². The predicted molar refractivity (Wildman–Crippen MR) is 108 cm³/mol. The van der Waals surface area contributed by atoms with Gasteiger partial charge in [-0.25, -0.2) is 0 Å². The van der Waals surface area contributed by atoms with Crippen molar-refractivity contribution in [2.45, 2.75) is 32.1 Å². The number of hydrogen-bond donors (Lipinski definition) is 0. The Balaban J connectivity index is 1.72. The lowest BCUT2D eigenvalue weighted by atomic mass is 9.75. The van der Waals surface area contributed by atoms with Crippen LogP contribution in [0.1, 0.15) is 47.4 Å². The number of allylic oxidation sites excluding steroid dienone is 2. The normalized spacial score (nSPS) is 21.6. The summed E-state index contributed by atoms with van der Waals surface area (Å²) in [6.07, 6.45) is 2.21. The molecule has 2 aromatic rings. The van der Waals surface area contributed by atoms with Crippen LogP contribution in [0.5, 0.6) is 0 Å². The highest BCUT2D eigenvalue weighted by molar-refractivity contribution is 7.12. The molecule has 2 aliphatic rings. The number of carbonyl (C=O) groups excluding carboxylic acids is 1. The van der Waals surface area contributed by atoms with Crippen molar-refractivity contribution in [2.24, 2.45) is 10.9 Å². The van der Waals surface area contributed by atoms with E-state index in [2.05, 4.69) is 22.9 Å². The van der Waals surface area contributed by atoms with Crippen molar-refractivity contribution in [2.75, 3.05) is 0 Å². The summed E-state index contributed by atoms with van der Waals surface area (Å²) in [5.41, 5.74) is 3.41. The Hall–Kier alpha value is -2.95. The molecule has 132 valence electrons. The molecule has 0 bridgehead atoms. The minimum atomic E-state index is -0.389. The van der Waals surface area contributed by atoms with Crippen LogP contribution in [0.3, 0.4) is 0 Å². The minimum Gasteiger partial charge on any atom is -0.294 e. The fourth-order valence-corrected chi connectivity index (χ4v) is 4.73.